The molecule has 1 atom stereocenters. The molecule has 2 rings (SSSR count). The molecule has 1 N–H and O–H groups in total. The standard InChI is InChI=1S/C14H16O4/c1-10-13(16)9-14(18-10)11-3-5-12(6-4-11)17-8-2-7-15/h3-6,9-10,15H,2,7-8H2,1H3. The number of aliphatic hydroxyl groups excluding tert-OH is 1. The topological polar surface area (TPSA) is 55.8 Å². The van der Waals surface area contributed by atoms with E-state index in [0.717, 1.165) is 11.3 Å². The lowest BCUT2D eigenvalue weighted by Crippen LogP contribution is -2.09. The van der Waals surface area contributed by atoms with Crippen LogP contribution in [0.4, 0.5) is 0 Å². The minimum Gasteiger partial charge on any atom is -0.494 e. The molecule has 1 heterocycles. The van der Waals surface area contributed by atoms with Gasteiger partial charge in [-0.2, -0.15) is 0 Å². The molecule has 0 amide bonds. The predicted molar refractivity (Wildman–Crippen MR) is 67.2 cm³/mol. The smallest absolute Gasteiger partial charge is 0.199 e. The van der Waals surface area contributed by atoms with Gasteiger partial charge in [0.15, 0.2) is 11.9 Å². The van der Waals surface area contributed by atoms with E-state index >= 15 is 0 Å². The van der Waals surface area contributed by atoms with Crippen LogP contribution in [0.2, 0.25) is 0 Å². The molecule has 4 nitrogen and oxygen atoms in total. The van der Waals surface area contributed by atoms with E-state index in [-0.39, 0.29) is 18.5 Å². The first-order valence-electron chi connectivity index (χ1n) is 5.97. The number of aliphatic hydroxyl groups is 1. The third-order valence-electron chi connectivity index (χ3n) is 2.69. The second-order valence-electron chi connectivity index (χ2n) is 4.12. The molecule has 1 aromatic carbocycles. The summed E-state index contributed by atoms with van der Waals surface area (Å²) in [5, 5.41) is 8.65. The number of hydrogen-bond donors (Lipinski definition) is 1. The minimum absolute atomic E-state index is 0.00623. The first-order chi connectivity index (χ1) is 8.70. The van der Waals surface area contributed by atoms with Crippen LogP contribution in [0.25, 0.3) is 5.76 Å². The van der Waals surface area contributed by atoms with Gasteiger partial charge in [0.05, 0.1) is 6.61 Å². The van der Waals surface area contributed by atoms with E-state index in [1.54, 1.807) is 6.92 Å². The maximum atomic E-state index is 11.3. The zero-order valence-electron chi connectivity index (χ0n) is 10.3. The van der Waals surface area contributed by atoms with Gasteiger partial charge >= 0.3 is 0 Å². The number of benzene rings is 1. The molecule has 0 fully saturated rings. The van der Waals surface area contributed by atoms with Crippen molar-refractivity contribution in [3.63, 3.8) is 0 Å². The van der Waals surface area contributed by atoms with Crippen LogP contribution in [0.1, 0.15) is 18.9 Å². The molecule has 0 aromatic heterocycles. The van der Waals surface area contributed by atoms with Gasteiger partial charge in [0.2, 0.25) is 0 Å². The number of hydrogen-bond acceptors (Lipinski definition) is 4. The maximum absolute atomic E-state index is 11.3. The fourth-order valence-electron chi connectivity index (χ4n) is 1.65. The summed E-state index contributed by atoms with van der Waals surface area (Å²) >= 11 is 0. The van der Waals surface area contributed by atoms with Gasteiger partial charge in [-0.05, 0) is 31.2 Å². The van der Waals surface area contributed by atoms with Crippen LogP contribution < -0.4 is 4.74 Å². The molecule has 0 saturated heterocycles. The fraction of sp³-hybridized carbons (Fsp3) is 0.357. The Morgan fingerprint density at radius 2 is 2.06 bits per heavy atom. The Labute approximate surface area is 106 Å². The third kappa shape index (κ3) is 2.90. The molecule has 1 aliphatic heterocycles. The summed E-state index contributed by atoms with van der Waals surface area (Å²) < 4.78 is 10.9. The van der Waals surface area contributed by atoms with Gasteiger partial charge in [-0.25, -0.2) is 0 Å². The Balaban J connectivity index is 2.00. The highest BCUT2D eigenvalue weighted by Crippen LogP contribution is 2.25. The van der Waals surface area contributed by atoms with Gasteiger partial charge in [-0.3, -0.25) is 4.79 Å². The Bertz CT molecular complexity index is 447. The van der Waals surface area contributed by atoms with Crippen molar-refractivity contribution >= 4 is 11.5 Å². The molecule has 1 unspecified atom stereocenters. The molecule has 0 saturated carbocycles. The molecular formula is C14H16O4. The number of ketones is 1. The highest BCUT2D eigenvalue weighted by atomic mass is 16.5. The summed E-state index contributed by atoms with van der Waals surface area (Å²) in [6.45, 7) is 2.35. The number of carbonyl (C=O) groups excluding carboxylic acids is 1. The first kappa shape index (κ1) is 12.6. The Hall–Kier alpha value is -1.81. The van der Waals surface area contributed by atoms with Crippen molar-refractivity contribution in [3.8, 4) is 5.75 Å². The Morgan fingerprint density at radius 3 is 2.61 bits per heavy atom. The lowest BCUT2D eigenvalue weighted by atomic mass is 10.1. The summed E-state index contributed by atoms with van der Waals surface area (Å²) in [4.78, 5) is 11.3. The molecular weight excluding hydrogens is 232 g/mol. The number of rotatable bonds is 5. The second-order valence-corrected chi connectivity index (χ2v) is 4.12. The molecule has 1 aromatic rings. The van der Waals surface area contributed by atoms with E-state index in [2.05, 4.69) is 0 Å². The van der Waals surface area contributed by atoms with Crippen LogP contribution in [-0.4, -0.2) is 30.2 Å². The summed E-state index contributed by atoms with van der Waals surface area (Å²) in [7, 11) is 0. The average Bonchev–Trinajstić information content (AvgIpc) is 2.71. The van der Waals surface area contributed by atoms with Crippen molar-refractivity contribution < 1.29 is 19.4 Å². The van der Waals surface area contributed by atoms with E-state index in [0.29, 0.717) is 18.8 Å². The summed E-state index contributed by atoms with van der Waals surface area (Å²) in [5.41, 5.74) is 0.863. The van der Waals surface area contributed by atoms with Gasteiger partial charge in [0.1, 0.15) is 11.5 Å². The van der Waals surface area contributed by atoms with Crippen LogP contribution in [0.3, 0.4) is 0 Å². The molecule has 0 radical (unpaired) electrons. The first-order valence-corrected chi connectivity index (χ1v) is 5.97. The highest BCUT2D eigenvalue weighted by Gasteiger charge is 2.22. The van der Waals surface area contributed by atoms with Gasteiger partial charge in [0.25, 0.3) is 0 Å². The van der Waals surface area contributed by atoms with E-state index < -0.39 is 0 Å². The number of carbonyl (C=O) groups is 1. The maximum Gasteiger partial charge on any atom is 0.199 e. The second kappa shape index (κ2) is 5.69. The highest BCUT2D eigenvalue weighted by molar-refractivity contribution is 6.02. The summed E-state index contributed by atoms with van der Waals surface area (Å²) in [5.74, 6) is 1.34. The minimum atomic E-state index is -0.388. The fourth-order valence-corrected chi connectivity index (χ4v) is 1.65. The van der Waals surface area contributed by atoms with Crippen molar-refractivity contribution in [2.24, 2.45) is 0 Å². The van der Waals surface area contributed by atoms with Gasteiger partial charge < -0.3 is 14.6 Å². The van der Waals surface area contributed by atoms with E-state index in [1.807, 2.05) is 24.3 Å². The van der Waals surface area contributed by atoms with E-state index in [1.165, 1.54) is 6.08 Å². The molecule has 4 heteroatoms. The van der Waals surface area contributed by atoms with Crippen molar-refractivity contribution in [1.82, 2.24) is 0 Å². The lowest BCUT2D eigenvalue weighted by Gasteiger charge is -2.09. The predicted octanol–water partition coefficient (Wildman–Crippen LogP) is 1.78. The quantitative estimate of drug-likeness (QED) is 0.807. The largest absolute Gasteiger partial charge is 0.494 e. The lowest BCUT2D eigenvalue weighted by molar-refractivity contribution is -0.119. The Kier molecular flexibility index (Phi) is 3.99. The third-order valence-corrected chi connectivity index (χ3v) is 2.69. The van der Waals surface area contributed by atoms with E-state index in [9.17, 15) is 4.79 Å². The zero-order chi connectivity index (χ0) is 13.0. The van der Waals surface area contributed by atoms with E-state index in [4.69, 9.17) is 14.6 Å². The van der Waals surface area contributed by atoms with Crippen LogP contribution in [0, 0.1) is 0 Å². The van der Waals surface area contributed by atoms with Crippen molar-refractivity contribution in [2.45, 2.75) is 19.4 Å². The number of ether oxygens (including phenoxy) is 2. The Morgan fingerprint density at radius 1 is 1.33 bits per heavy atom. The van der Waals surface area contributed by atoms with Gasteiger partial charge in [-0.15, -0.1) is 0 Å². The van der Waals surface area contributed by atoms with Gasteiger partial charge in [0, 0.05) is 24.7 Å². The molecule has 96 valence electrons. The average molecular weight is 248 g/mol. The molecule has 18 heavy (non-hydrogen) atoms. The van der Waals surface area contributed by atoms with Crippen LogP contribution in [-0.2, 0) is 9.53 Å². The molecule has 0 aliphatic carbocycles. The van der Waals surface area contributed by atoms with Crippen LogP contribution >= 0.6 is 0 Å². The molecule has 1 aliphatic rings. The van der Waals surface area contributed by atoms with Crippen LogP contribution in [0.15, 0.2) is 30.3 Å². The normalized spacial score (nSPS) is 18.4. The van der Waals surface area contributed by atoms with Gasteiger partial charge in [-0.1, -0.05) is 0 Å². The molecule has 0 bridgehead atoms. The zero-order valence-corrected chi connectivity index (χ0v) is 10.3. The summed E-state index contributed by atoms with van der Waals surface area (Å²) in [6, 6.07) is 7.35. The molecule has 0 spiro atoms. The van der Waals surface area contributed by atoms with Crippen molar-refractivity contribution in [1.29, 1.82) is 0 Å². The monoisotopic (exact) mass is 248 g/mol. The van der Waals surface area contributed by atoms with Crippen molar-refractivity contribution in [3.05, 3.63) is 35.9 Å². The van der Waals surface area contributed by atoms with Crippen LogP contribution in [0.5, 0.6) is 5.75 Å². The SMILES string of the molecule is CC1OC(c2ccc(OCCCO)cc2)=CC1=O. The van der Waals surface area contributed by atoms with Crippen molar-refractivity contribution in [2.75, 3.05) is 13.2 Å². The summed E-state index contributed by atoms with van der Waals surface area (Å²) in [6.07, 6.45) is 1.74.